The summed E-state index contributed by atoms with van der Waals surface area (Å²) in [4.78, 5) is 27.2. The largest absolute Gasteiger partial charge is 0.493 e. The Labute approximate surface area is 164 Å². The zero-order valence-corrected chi connectivity index (χ0v) is 16.8. The van der Waals surface area contributed by atoms with Crippen molar-refractivity contribution in [3.63, 3.8) is 0 Å². The van der Waals surface area contributed by atoms with Gasteiger partial charge in [-0.15, -0.1) is 0 Å². The second-order valence-corrected chi connectivity index (χ2v) is 6.62. The van der Waals surface area contributed by atoms with Gasteiger partial charge in [0.2, 0.25) is 0 Å². The number of benzene rings is 2. The van der Waals surface area contributed by atoms with Crippen LogP contribution in [0.1, 0.15) is 23.6 Å². The predicted octanol–water partition coefficient (Wildman–Crippen LogP) is 3.53. The highest BCUT2D eigenvalue weighted by atomic mass is 16.5. The molecule has 0 atom stereocenters. The van der Waals surface area contributed by atoms with Gasteiger partial charge in [0, 0.05) is 12.2 Å². The third-order valence-electron chi connectivity index (χ3n) is 4.81. The highest BCUT2D eigenvalue weighted by molar-refractivity contribution is 6.36. The Hall–Kier alpha value is -3.28. The molecule has 0 fully saturated rings. The van der Waals surface area contributed by atoms with Crippen LogP contribution in [0.3, 0.4) is 0 Å². The molecule has 0 radical (unpaired) electrons. The fourth-order valence-corrected chi connectivity index (χ4v) is 3.24. The number of nitrogens with zero attached hydrogens (tertiary/aromatic N) is 1. The smallest absolute Gasteiger partial charge is 0.278 e. The van der Waals surface area contributed by atoms with Crippen molar-refractivity contribution in [3.05, 3.63) is 58.8 Å². The quantitative estimate of drug-likeness (QED) is 0.777. The summed E-state index contributed by atoms with van der Waals surface area (Å²) in [6.45, 7) is 6.01. The number of hydrogen-bond acceptors (Lipinski definition) is 5. The second kappa shape index (κ2) is 7.76. The molecule has 0 aliphatic carbocycles. The molecule has 2 amide bonds. The molecule has 0 saturated heterocycles. The molecule has 0 spiro atoms. The Morgan fingerprint density at radius 3 is 2.29 bits per heavy atom. The van der Waals surface area contributed by atoms with Gasteiger partial charge in [0.05, 0.1) is 19.8 Å². The normalized spacial score (nSPS) is 14.0. The van der Waals surface area contributed by atoms with Crippen molar-refractivity contribution in [2.24, 2.45) is 0 Å². The second-order valence-electron chi connectivity index (χ2n) is 6.62. The topological polar surface area (TPSA) is 67.9 Å². The van der Waals surface area contributed by atoms with Crippen molar-refractivity contribution in [3.8, 4) is 11.5 Å². The molecule has 0 saturated carbocycles. The van der Waals surface area contributed by atoms with Crippen LogP contribution in [0.5, 0.6) is 11.5 Å². The van der Waals surface area contributed by atoms with E-state index in [1.165, 1.54) is 12.0 Å². The fraction of sp³-hybridized carbons (Fsp3) is 0.273. The minimum absolute atomic E-state index is 0.271. The molecular formula is C22H24N2O4. The van der Waals surface area contributed by atoms with Gasteiger partial charge in [-0.1, -0.05) is 18.2 Å². The number of methoxy groups -OCH3 is 2. The van der Waals surface area contributed by atoms with E-state index < -0.39 is 0 Å². The molecule has 6 heteroatoms. The summed E-state index contributed by atoms with van der Waals surface area (Å²) in [6.07, 6.45) is 0. The summed E-state index contributed by atoms with van der Waals surface area (Å²) >= 11 is 0. The van der Waals surface area contributed by atoms with Gasteiger partial charge in [-0.05, 0) is 55.7 Å². The number of amides is 2. The number of imide groups is 1. The number of aryl methyl sites for hydroxylation is 2. The average molecular weight is 380 g/mol. The van der Waals surface area contributed by atoms with E-state index in [2.05, 4.69) is 5.32 Å². The first-order valence-electron chi connectivity index (χ1n) is 9.08. The fourth-order valence-electron chi connectivity index (χ4n) is 3.24. The van der Waals surface area contributed by atoms with Crippen LogP contribution in [0.2, 0.25) is 0 Å². The number of rotatable bonds is 6. The SMILES string of the molecule is CCN1C(=O)C(Nc2cc(C)ccc2C)=C(c2ccc(OC)c(OC)c2)C1=O. The lowest BCUT2D eigenvalue weighted by molar-refractivity contribution is -0.136. The van der Waals surface area contributed by atoms with Gasteiger partial charge in [0.15, 0.2) is 11.5 Å². The zero-order chi connectivity index (χ0) is 20.4. The Kier molecular flexibility index (Phi) is 5.40. The summed E-state index contributed by atoms with van der Waals surface area (Å²) in [5.41, 5.74) is 4.04. The Morgan fingerprint density at radius 2 is 1.64 bits per heavy atom. The number of hydrogen-bond donors (Lipinski definition) is 1. The molecule has 3 rings (SSSR count). The maximum absolute atomic E-state index is 13.0. The monoisotopic (exact) mass is 380 g/mol. The summed E-state index contributed by atoms with van der Waals surface area (Å²) in [5.74, 6) is 0.388. The molecule has 1 N–H and O–H groups in total. The van der Waals surface area contributed by atoms with Gasteiger partial charge < -0.3 is 14.8 Å². The zero-order valence-electron chi connectivity index (χ0n) is 16.8. The van der Waals surface area contributed by atoms with Crippen LogP contribution in [0.25, 0.3) is 5.57 Å². The summed E-state index contributed by atoms with van der Waals surface area (Å²) in [6, 6.07) is 11.1. The number of carbonyl (C=O) groups is 2. The van der Waals surface area contributed by atoms with Gasteiger partial charge >= 0.3 is 0 Å². The average Bonchev–Trinajstić information content (AvgIpc) is 2.93. The van der Waals surface area contributed by atoms with Gasteiger partial charge in [-0.3, -0.25) is 14.5 Å². The van der Waals surface area contributed by atoms with Crippen LogP contribution in [-0.2, 0) is 9.59 Å². The van der Waals surface area contributed by atoms with Crippen molar-refractivity contribution in [2.75, 3.05) is 26.1 Å². The molecule has 0 aromatic heterocycles. The highest BCUT2D eigenvalue weighted by Gasteiger charge is 2.38. The van der Waals surface area contributed by atoms with E-state index in [0.29, 0.717) is 29.2 Å². The lowest BCUT2D eigenvalue weighted by Crippen LogP contribution is -2.32. The minimum Gasteiger partial charge on any atom is -0.493 e. The molecule has 0 bridgehead atoms. The van der Waals surface area contributed by atoms with Gasteiger partial charge in [0.1, 0.15) is 5.70 Å². The van der Waals surface area contributed by atoms with E-state index in [4.69, 9.17) is 9.47 Å². The third-order valence-corrected chi connectivity index (χ3v) is 4.81. The van der Waals surface area contributed by atoms with Crippen LogP contribution in [-0.4, -0.2) is 37.5 Å². The van der Waals surface area contributed by atoms with Crippen LogP contribution in [0.15, 0.2) is 42.1 Å². The van der Waals surface area contributed by atoms with E-state index in [0.717, 1.165) is 16.8 Å². The predicted molar refractivity (Wildman–Crippen MR) is 108 cm³/mol. The maximum atomic E-state index is 13.0. The summed E-state index contributed by atoms with van der Waals surface area (Å²) in [7, 11) is 3.08. The van der Waals surface area contributed by atoms with Gasteiger partial charge in [-0.2, -0.15) is 0 Å². The van der Waals surface area contributed by atoms with Crippen LogP contribution in [0, 0.1) is 13.8 Å². The van der Waals surface area contributed by atoms with Crippen molar-refractivity contribution in [1.29, 1.82) is 0 Å². The summed E-state index contributed by atoms with van der Waals surface area (Å²) in [5, 5.41) is 3.20. The molecule has 1 heterocycles. The molecule has 2 aromatic rings. The van der Waals surface area contributed by atoms with Crippen LogP contribution in [0.4, 0.5) is 5.69 Å². The maximum Gasteiger partial charge on any atom is 0.278 e. The number of carbonyl (C=O) groups excluding carboxylic acids is 2. The van der Waals surface area contributed by atoms with E-state index in [1.54, 1.807) is 32.2 Å². The third kappa shape index (κ3) is 3.33. The van der Waals surface area contributed by atoms with E-state index in [1.807, 2.05) is 32.0 Å². The molecule has 28 heavy (non-hydrogen) atoms. The first-order chi connectivity index (χ1) is 13.4. The number of anilines is 1. The Bertz CT molecular complexity index is 978. The first kappa shape index (κ1) is 19.5. The first-order valence-corrected chi connectivity index (χ1v) is 9.08. The molecule has 1 aliphatic rings. The summed E-state index contributed by atoms with van der Waals surface area (Å²) < 4.78 is 10.6. The Balaban J connectivity index is 2.15. The number of likely N-dealkylation sites (N-methyl/N-ethyl adjacent to an activating group) is 1. The number of nitrogens with one attached hydrogen (secondary N) is 1. The standard InChI is InChI=1S/C22H24N2O4/c1-6-24-21(25)19(15-9-10-17(27-4)18(12-15)28-5)20(22(24)26)23-16-11-13(2)7-8-14(16)3/h7-12,23H,6H2,1-5H3. The van der Waals surface area contributed by atoms with Crippen molar-refractivity contribution in [1.82, 2.24) is 4.90 Å². The van der Waals surface area contributed by atoms with Gasteiger partial charge in [-0.25, -0.2) is 0 Å². The molecule has 1 aliphatic heterocycles. The molecule has 2 aromatic carbocycles. The van der Waals surface area contributed by atoms with Crippen molar-refractivity contribution >= 4 is 23.1 Å². The van der Waals surface area contributed by atoms with E-state index in [9.17, 15) is 9.59 Å². The molecule has 0 unspecified atom stereocenters. The molecule has 146 valence electrons. The molecule has 6 nitrogen and oxygen atoms in total. The van der Waals surface area contributed by atoms with Gasteiger partial charge in [0.25, 0.3) is 11.8 Å². The molecular weight excluding hydrogens is 356 g/mol. The highest BCUT2D eigenvalue weighted by Crippen LogP contribution is 2.36. The lowest BCUT2D eigenvalue weighted by Gasteiger charge is -2.13. The van der Waals surface area contributed by atoms with Crippen molar-refractivity contribution < 1.29 is 19.1 Å². The van der Waals surface area contributed by atoms with Crippen molar-refractivity contribution in [2.45, 2.75) is 20.8 Å². The van der Waals surface area contributed by atoms with Crippen LogP contribution < -0.4 is 14.8 Å². The van der Waals surface area contributed by atoms with E-state index in [-0.39, 0.29) is 17.5 Å². The van der Waals surface area contributed by atoms with E-state index >= 15 is 0 Å². The lowest BCUT2D eigenvalue weighted by atomic mass is 10.0. The Morgan fingerprint density at radius 1 is 0.929 bits per heavy atom. The van der Waals surface area contributed by atoms with Crippen LogP contribution >= 0.6 is 0 Å². The minimum atomic E-state index is -0.335. The number of ether oxygens (including phenoxy) is 2.